The summed E-state index contributed by atoms with van der Waals surface area (Å²) in [6.07, 6.45) is 0.266. The summed E-state index contributed by atoms with van der Waals surface area (Å²) < 4.78 is 37.6. The molecule has 2 aromatic carbocycles. The van der Waals surface area contributed by atoms with Gasteiger partial charge in [-0.15, -0.1) is 11.3 Å². The highest BCUT2D eigenvalue weighted by molar-refractivity contribution is 7.12. The molecule has 2 unspecified atom stereocenters. The third-order valence-electron chi connectivity index (χ3n) is 9.71. The van der Waals surface area contributed by atoms with E-state index in [1.54, 1.807) is 11.3 Å². The molecule has 0 saturated carbocycles. The van der Waals surface area contributed by atoms with Crippen molar-refractivity contribution < 1.29 is 38.0 Å². The SMILES string of the molecule is CCC(C)(c1sc(C(C)(CC)c2c(OC(C)C)cc(C(=O)OC(C)C)cc2OC(C)C)c(C)c1C)c1c(OC(C)C)cc(C(=O)OC(C)C)cc1OC(C)C. The Bertz CT molecular complexity index is 1610. The van der Waals surface area contributed by atoms with E-state index in [1.165, 1.54) is 20.9 Å². The molecule has 0 aliphatic carbocycles. The lowest BCUT2D eigenvalue weighted by Crippen LogP contribution is -2.27. The number of ether oxygens (including phenoxy) is 6. The monoisotopic (exact) mass is 780 g/mol. The normalized spacial score (nSPS) is 14.1. The van der Waals surface area contributed by atoms with Crippen LogP contribution in [0.25, 0.3) is 0 Å². The first-order chi connectivity index (χ1) is 25.5. The van der Waals surface area contributed by atoms with E-state index in [1.807, 2.05) is 107 Å². The fourth-order valence-electron chi connectivity index (χ4n) is 7.01. The molecule has 3 rings (SSSR count). The lowest BCUT2D eigenvalue weighted by Gasteiger charge is -2.35. The lowest BCUT2D eigenvalue weighted by atomic mass is 9.74. The number of thiophene rings is 1. The lowest BCUT2D eigenvalue weighted by molar-refractivity contribution is 0.0366. The van der Waals surface area contributed by atoms with Gasteiger partial charge < -0.3 is 28.4 Å². The molecule has 1 heterocycles. The summed E-state index contributed by atoms with van der Waals surface area (Å²) in [6.45, 7) is 36.5. The quantitative estimate of drug-likeness (QED) is 0.118. The summed E-state index contributed by atoms with van der Waals surface area (Å²) >= 11 is 1.78. The fourth-order valence-corrected chi connectivity index (χ4v) is 8.77. The molecule has 0 fully saturated rings. The van der Waals surface area contributed by atoms with Gasteiger partial charge in [0.2, 0.25) is 0 Å². The zero-order valence-electron chi connectivity index (χ0n) is 36.9. The van der Waals surface area contributed by atoms with E-state index < -0.39 is 22.8 Å². The number of hydrogen-bond donors (Lipinski definition) is 0. The standard InChI is InChI=1S/C46H68O8S/c1-19-45(17,39-35(49-25(3)4)21-33(43(47)53-29(11)12)22-36(39)50-26(5)6)41-31(15)32(16)42(55-41)46(18,20-2)40-37(51-27(7)8)23-34(44(48)54-30(13)14)24-38(40)52-28(9)10/h21-30H,19-20H2,1-18H3. The van der Waals surface area contributed by atoms with Gasteiger partial charge in [-0.05, 0) is 145 Å². The maximum absolute atomic E-state index is 13.3. The Kier molecular flexibility index (Phi) is 15.3. The van der Waals surface area contributed by atoms with Gasteiger partial charge in [-0.1, -0.05) is 27.7 Å². The molecule has 0 aliphatic heterocycles. The fraction of sp³-hybridized carbons (Fsp3) is 0.609. The van der Waals surface area contributed by atoms with Crippen LogP contribution in [0.3, 0.4) is 0 Å². The van der Waals surface area contributed by atoms with Crippen LogP contribution in [0.1, 0.15) is 176 Å². The van der Waals surface area contributed by atoms with Crippen molar-refractivity contribution in [2.45, 2.75) is 185 Å². The number of hydrogen-bond acceptors (Lipinski definition) is 9. The van der Waals surface area contributed by atoms with Crippen molar-refractivity contribution in [2.75, 3.05) is 0 Å². The largest absolute Gasteiger partial charge is 0.491 e. The van der Waals surface area contributed by atoms with Gasteiger partial charge in [0.15, 0.2) is 0 Å². The minimum atomic E-state index is -0.583. The van der Waals surface area contributed by atoms with Crippen molar-refractivity contribution in [3.8, 4) is 23.0 Å². The molecular formula is C46H68O8S. The van der Waals surface area contributed by atoms with Crippen molar-refractivity contribution in [2.24, 2.45) is 0 Å². The van der Waals surface area contributed by atoms with E-state index in [0.717, 1.165) is 24.0 Å². The van der Waals surface area contributed by atoms with Gasteiger partial charge >= 0.3 is 11.9 Å². The number of benzene rings is 2. The van der Waals surface area contributed by atoms with Gasteiger partial charge in [-0.25, -0.2) is 9.59 Å². The van der Waals surface area contributed by atoms with Gasteiger partial charge in [-0.3, -0.25) is 0 Å². The molecule has 2 atom stereocenters. The predicted octanol–water partition coefficient (Wildman–Crippen LogP) is 12.1. The molecule has 0 amide bonds. The number of rotatable bonds is 18. The van der Waals surface area contributed by atoms with Crippen LogP contribution in [-0.4, -0.2) is 48.6 Å². The third kappa shape index (κ3) is 10.4. The molecule has 0 spiro atoms. The van der Waals surface area contributed by atoms with Gasteiger partial charge in [0.25, 0.3) is 0 Å². The predicted molar refractivity (Wildman–Crippen MR) is 224 cm³/mol. The van der Waals surface area contributed by atoms with Crippen LogP contribution in [0.5, 0.6) is 23.0 Å². The highest BCUT2D eigenvalue weighted by Gasteiger charge is 2.43. The van der Waals surface area contributed by atoms with Crippen LogP contribution in [-0.2, 0) is 20.3 Å². The molecule has 1 aromatic heterocycles. The van der Waals surface area contributed by atoms with Crippen LogP contribution in [0.15, 0.2) is 24.3 Å². The Morgan fingerprint density at radius 1 is 0.509 bits per heavy atom. The smallest absolute Gasteiger partial charge is 0.338 e. The molecule has 306 valence electrons. The molecular weight excluding hydrogens is 713 g/mol. The second-order valence-electron chi connectivity index (χ2n) is 16.7. The van der Waals surface area contributed by atoms with E-state index in [9.17, 15) is 9.59 Å². The Labute approximate surface area is 335 Å². The zero-order chi connectivity index (χ0) is 41.7. The van der Waals surface area contributed by atoms with Crippen molar-refractivity contribution in [3.63, 3.8) is 0 Å². The molecule has 0 saturated heterocycles. The summed E-state index contributed by atoms with van der Waals surface area (Å²) in [4.78, 5) is 29.0. The van der Waals surface area contributed by atoms with Crippen LogP contribution in [0.4, 0.5) is 0 Å². The summed E-state index contributed by atoms with van der Waals surface area (Å²) in [7, 11) is 0. The summed E-state index contributed by atoms with van der Waals surface area (Å²) in [5, 5.41) is 0. The first-order valence-electron chi connectivity index (χ1n) is 20.1. The molecule has 0 aliphatic rings. The van der Waals surface area contributed by atoms with Gasteiger partial charge in [0, 0.05) is 31.7 Å². The van der Waals surface area contributed by atoms with Crippen molar-refractivity contribution >= 4 is 23.3 Å². The van der Waals surface area contributed by atoms with Crippen molar-refractivity contribution in [1.29, 1.82) is 0 Å². The average Bonchev–Trinajstić information content (AvgIpc) is 3.36. The minimum Gasteiger partial charge on any atom is -0.491 e. The van der Waals surface area contributed by atoms with Gasteiger partial charge in [0.05, 0.1) is 47.8 Å². The first kappa shape index (κ1) is 45.7. The van der Waals surface area contributed by atoms with Crippen molar-refractivity contribution in [3.05, 3.63) is 67.4 Å². The maximum atomic E-state index is 13.3. The number of esters is 2. The van der Waals surface area contributed by atoms with Crippen LogP contribution >= 0.6 is 11.3 Å². The molecule has 55 heavy (non-hydrogen) atoms. The zero-order valence-corrected chi connectivity index (χ0v) is 37.7. The highest BCUT2D eigenvalue weighted by atomic mass is 32.1. The van der Waals surface area contributed by atoms with Crippen LogP contribution in [0, 0.1) is 13.8 Å². The van der Waals surface area contributed by atoms with Gasteiger partial charge in [-0.2, -0.15) is 0 Å². The van der Waals surface area contributed by atoms with Crippen LogP contribution in [0.2, 0.25) is 0 Å². The molecule has 9 heteroatoms. The van der Waals surface area contributed by atoms with E-state index in [0.29, 0.717) is 34.1 Å². The molecule has 0 radical (unpaired) electrons. The number of carbonyl (C=O) groups is 2. The van der Waals surface area contributed by atoms with E-state index in [4.69, 9.17) is 28.4 Å². The topological polar surface area (TPSA) is 89.5 Å². The van der Waals surface area contributed by atoms with E-state index in [-0.39, 0.29) is 36.6 Å². The summed E-state index contributed by atoms with van der Waals surface area (Å²) in [6, 6.07) is 7.24. The molecule has 8 nitrogen and oxygen atoms in total. The Balaban J connectivity index is 2.47. The maximum Gasteiger partial charge on any atom is 0.338 e. The first-order valence-corrected chi connectivity index (χ1v) is 20.9. The minimum absolute atomic E-state index is 0.159. The summed E-state index contributed by atoms with van der Waals surface area (Å²) in [5.41, 5.74) is 3.75. The Hall–Kier alpha value is -3.72. The molecule has 0 N–H and O–H groups in total. The second kappa shape index (κ2) is 18.5. The molecule has 3 aromatic rings. The average molecular weight is 781 g/mol. The van der Waals surface area contributed by atoms with Crippen molar-refractivity contribution in [1.82, 2.24) is 0 Å². The Morgan fingerprint density at radius 2 is 0.764 bits per heavy atom. The summed E-state index contributed by atoms with van der Waals surface area (Å²) in [5.74, 6) is 1.55. The molecule has 0 bridgehead atoms. The van der Waals surface area contributed by atoms with E-state index >= 15 is 0 Å². The number of carbonyl (C=O) groups excluding carboxylic acids is 2. The third-order valence-corrected chi connectivity index (χ3v) is 11.6. The Morgan fingerprint density at radius 3 is 0.964 bits per heavy atom. The van der Waals surface area contributed by atoms with E-state index in [2.05, 4.69) is 41.5 Å². The van der Waals surface area contributed by atoms with Gasteiger partial charge in [0.1, 0.15) is 23.0 Å². The van der Waals surface area contributed by atoms with Crippen LogP contribution < -0.4 is 18.9 Å². The highest BCUT2D eigenvalue weighted by Crippen LogP contribution is 2.55. The second-order valence-corrected chi connectivity index (χ2v) is 17.7.